The molecule has 25 heavy (non-hydrogen) atoms. The molecule has 2 aromatic heterocycles. The van der Waals surface area contributed by atoms with E-state index in [0.29, 0.717) is 19.8 Å². The van der Waals surface area contributed by atoms with Gasteiger partial charge in [-0.1, -0.05) is 6.07 Å². The van der Waals surface area contributed by atoms with E-state index >= 15 is 0 Å². The van der Waals surface area contributed by atoms with Gasteiger partial charge in [-0.25, -0.2) is 0 Å². The number of rotatable bonds is 10. The van der Waals surface area contributed by atoms with Crippen LogP contribution in [0.15, 0.2) is 29.4 Å². The van der Waals surface area contributed by atoms with E-state index in [9.17, 15) is 0 Å². The van der Waals surface area contributed by atoms with Gasteiger partial charge in [-0.3, -0.25) is 9.39 Å². The maximum atomic E-state index is 5.42. The third-order valence-corrected chi connectivity index (χ3v) is 3.44. The van der Waals surface area contributed by atoms with Crippen LogP contribution in [-0.2, 0) is 15.9 Å². The molecule has 0 saturated carbocycles. The van der Waals surface area contributed by atoms with Gasteiger partial charge in [0, 0.05) is 46.5 Å². The van der Waals surface area contributed by atoms with Crippen molar-refractivity contribution in [1.82, 2.24) is 25.2 Å². The summed E-state index contributed by atoms with van der Waals surface area (Å²) in [5, 5.41) is 14.9. The Kier molecular flexibility index (Phi) is 11.1. The lowest BCUT2D eigenvalue weighted by atomic mass is 10.4. The fourth-order valence-corrected chi connectivity index (χ4v) is 2.20. The number of methoxy groups -OCH3 is 1. The third-order valence-electron chi connectivity index (χ3n) is 3.44. The van der Waals surface area contributed by atoms with Gasteiger partial charge in [-0.15, -0.1) is 34.2 Å². The van der Waals surface area contributed by atoms with E-state index < -0.39 is 0 Å². The summed E-state index contributed by atoms with van der Waals surface area (Å²) < 4.78 is 12.3. The van der Waals surface area contributed by atoms with E-state index in [1.807, 2.05) is 28.8 Å². The van der Waals surface area contributed by atoms with Crippen molar-refractivity contribution in [2.45, 2.75) is 12.8 Å². The average molecular weight is 462 g/mol. The van der Waals surface area contributed by atoms with Gasteiger partial charge in [0.05, 0.1) is 13.2 Å². The number of aliphatic imine (C=N–C) groups is 1. The van der Waals surface area contributed by atoms with Crippen molar-refractivity contribution in [2.24, 2.45) is 4.99 Å². The number of fused-ring (bicyclic) bond motifs is 1. The molecule has 0 bridgehead atoms. The van der Waals surface area contributed by atoms with Gasteiger partial charge in [0.1, 0.15) is 5.82 Å². The molecule has 0 amide bonds. The summed E-state index contributed by atoms with van der Waals surface area (Å²) >= 11 is 0. The zero-order valence-electron chi connectivity index (χ0n) is 14.8. The number of hydrogen-bond acceptors (Lipinski definition) is 5. The molecule has 0 aliphatic heterocycles. The van der Waals surface area contributed by atoms with Crippen LogP contribution in [0.2, 0.25) is 0 Å². The van der Waals surface area contributed by atoms with Crippen LogP contribution in [0.4, 0.5) is 0 Å². The Morgan fingerprint density at radius 3 is 2.80 bits per heavy atom. The van der Waals surface area contributed by atoms with Crippen LogP contribution >= 0.6 is 24.0 Å². The summed E-state index contributed by atoms with van der Waals surface area (Å²) in [7, 11) is 3.43. The molecule has 2 heterocycles. The first-order valence-electron chi connectivity index (χ1n) is 8.15. The minimum absolute atomic E-state index is 0. The van der Waals surface area contributed by atoms with Crippen molar-refractivity contribution in [3.8, 4) is 0 Å². The van der Waals surface area contributed by atoms with Gasteiger partial charge in [-0.2, -0.15) is 0 Å². The van der Waals surface area contributed by atoms with Crippen molar-refractivity contribution in [3.63, 3.8) is 0 Å². The highest BCUT2D eigenvalue weighted by Gasteiger charge is 2.04. The Labute approximate surface area is 165 Å². The molecule has 2 aromatic rings. The fourth-order valence-electron chi connectivity index (χ4n) is 2.20. The van der Waals surface area contributed by atoms with Gasteiger partial charge in [0.2, 0.25) is 0 Å². The first-order valence-corrected chi connectivity index (χ1v) is 8.15. The van der Waals surface area contributed by atoms with Crippen LogP contribution in [-0.4, -0.2) is 67.6 Å². The van der Waals surface area contributed by atoms with E-state index in [-0.39, 0.29) is 24.0 Å². The monoisotopic (exact) mass is 462 g/mol. The second kappa shape index (κ2) is 12.8. The maximum absolute atomic E-state index is 5.42. The maximum Gasteiger partial charge on any atom is 0.190 e. The lowest BCUT2D eigenvalue weighted by molar-refractivity contribution is 0.0698. The zero-order valence-corrected chi connectivity index (χ0v) is 17.1. The van der Waals surface area contributed by atoms with E-state index in [4.69, 9.17) is 9.47 Å². The first-order chi connectivity index (χ1) is 11.8. The molecule has 0 aliphatic rings. The van der Waals surface area contributed by atoms with E-state index in [1.165, 1.54) is 0 Å². The van der Waals surface area contributed by atoms with Crippen LogP contribution in [0, 0.1) is 0 Å². The Hall–Kier alpha value is -1.46. The molecule has 0 saturated heterocycles. The zero-order chi connectivity index (χ0) is 17.0. The summed E-state index contributed by atoms with van der Waals surface area (Å²) in [5.41, 5.74) is 0.864. The molecule has 0 fully saturated rings. The second-order valence-corrected chi connectivity index (χ2v) is 5.18. The molecule has 2 rings (SSSR count). The quantitative estimate of drug-likeness (QED) is 0.238. The van der Waals surface area contributed by atoms with Gasteiger partial charge >= 0.3 is 0 Å². The molecular weight excluding hydrogens is 435 g/mol. The number of pyridine rings is 1. The van der Waals surface area contributed by atoms with E-state index in [1.54, 1.807) is 14.2 Å². The van der Waals surface area contributed by atoms with Crippen molar-refractivity contribution in [2.75, 3.05) is 47.1 Å². The minimum atomic E-state index is 0. The molecule has 8 nitrogen and oxygen atoms in total. The van der Waals surface area contributed by atoms with Crippen molar-refractivity contribution in [3.05, 3.63) is 30.2 Å². The lowest BCUT2D eigenvalue weighted by Crippen LogP contribution is -2.39. The molecule has 0 aliphatic carbocycles. The Morgan fingerprint density at radius 1 is 1.16 bits per heavy atom. The Morgan fingerprint density at radius 2 is 2.00 bits per heavy atom. The van der Waals surface area contributed by atoms with E-state index in [0.717, 1.165) is 43.4 Å². The molecule has 0 aromatic carbocycles. The molecule has 0 radical (unpaired) electrons. The normalized spacial score (nSPS) is 11.4. The fraction of sp³-hybridized carbons (Fsp3) is 0.562. The number of ether oxygens (including phenoxy) is 2. The average Bonchev–Trinajstić information content (AvgIpc) is 3.02. The highest BCUT2D eigenvalue weighted by molar-refractivity contribution is 14.0. The van der Waals surface area contributed by atoms with Crippen LogP contribution in [0.1, 0.15) is 12.2 Å². The van der Waals surface area contributed by atoms with Crippen LogP contribution in [0.3, 0.4) is 0 Å². The van der Waals surface area contributed by atoms with Gasteiger partial charge in [0.25, 0.3) is 0 Å². The standard InChI is InChI=1S/C16H26N6O2.HI/c1-17-16(18-8-5-11-24-13-12-23-2)19-9-7-15-21-20-14-6-3-4-10-22(14)15;/h3-4,6,10H,5,7-9,11-13H2,1-2H3,(H2,17,18,19);1H. The van der Waals surface area contributed by atoms with Gasteiger partial charge in [-0.05, 0) is 18.6 Å². The SMILES string of the molecule is CN=C(NCCCOCCOC)NCCc1nnc2ccccn12.I. The smallest absolute Gasteiger partial charge is 0.190 e. The van der Waals surface area contributed by atoms with Crippen molar-refractivity contribution >= 4 is 35.6 Å². The minimum Gasteiger partial charge on any atom is -0.382 e. The Bertz CT molecular complexity index is 634. The molecular formula is C16H27IN6O2. The summed E-state index contributed by atoms with van der Waals surface area (Å²) in [5.74, 6) is 1.71. The van der Waals surface area contributed by atoms with Crippen molar-refractivity contribution < 1.29 is 9.47 Å². The van der Waals surface area contributed by atoms with Crippen molar-refractivity contribution in [1.29, 1.82) is 0 Å². The topological polar surface area (TPSA) is 85.1 Å². The summed E-state index contributed by atoms with van der Waals surface area (Å²) in [6.45, 7) is 3.52. The number of nitrogens with one attached hydrogen (secondary N) is 2. The lowest BCUT2D eigenvalue weighted by Gasteiger charge is -2.11. The molecule has 0 unspecified atom stereocenters. The largest absolute Gasteiger partial charge is 0.382 e. The summed E-state index contributed by atoms with van der Waals surface area (Å²) in [4.78, 5) is 4.21. The number of halogens is 1. The number of aromatic nitrogens is 3. The molecule has 0 atom stereocenters. The summed E-state index contributed by atoms with van der Waals surface area (Å²) in [6, 6.07) is 5.87. The number of nitrogens with zero attached hydrogens (tertiary/aromatic N) is 4. The highest BCUT2D eigenvalue weighted by Crippen LogP contribution is 2.02. The van der Waals surface area contributed by atoms with Gasteiger partial charge in [0.15, 0.2) is 11.6 Å². The predicted molar refractivity (Wildman–Crippen MR) is 109 cm³/mol. The summed E-state index contributed by atoms with van der Waals surface area (Å²) in [6.07, 6.45) is 3.66. The third kappa shape index (κ3) is 7.53. The first kappa shape index (κ1) is 21.6. The number of guanidine groups is 1. The predicted octanol–water partition coefficient (Wildman–Crippen LogP) is 1.11. The van der Waals surface area contributed by atoms with E-state index in [2.05, 4.69) is 25.8 Å². The molecule has 9 heteroatoms. The molecule has 140 valence electrons. The van der Waals surface area contributed by atoms with Crippen LogP contribution in [0.5, 0.6) is 0 Å². The second-order valence-electron chi connectivity index (χ2n) is 5.18. The molecule has 0 spiro atoms. The highest BCUT2D eigenvalue weighted by atomic mass is 127. The molecule has 2 N–H and O–H groups in total. The Balaban J connectivity index is 0.00000312. The van der Waals surface area contributed by atoms with Gasteiger partial charge < -0.3 is 20.1 Å². The van der Waals surface area contributed by atoms with Crippen LogP contribution in [0.25, 0.3) is 5.65 Å². The number of hydrogen-bond donors (Lipinski definition) is 2. The van der Waals surface area contributed by atoms with Crippen LogP contribution < -0.4 is 10.6 Å².